The number of hydrogen-bond acceptors (Lipinski definition) is 10. The molecule has 0 bridgehead atoms. The Labute approximate surface area is 256 Å². The Balaban J connectivity index is 1.49. The molecule has 2 aromatic carbocycles. The van der Waals surface area contributed by atoms with Gasteiger partial charge in [0, 0.05) is 48.9 Å². The van der Waals surface area contributed by atoms with Gasteiger partial charge < -0.3 is 10.0 Å². The maximum atomic E-state index is 14.2. The van der Waals surface area contributed by atoms with E-state index in [4.69, 9.17) is 0 Å². The van der Waals surface area contributed by atoms with Crippen LogP contribution in [0.3, 0.4) is 0 Å². The van der Waals surface area contributed by atoms with Crippen LogP contribution in [-0.2, 0) is 19.2 Å². The van der Waals surface area contributed by atoms with Crippen LogP contribution in [0.4, 0.5) is 22.7 Å². The van der Waals surface area contributed by atoms with E-state index >= 15 is 0 Å². The van der Waals surface area contributed by atoms with Crippen molar-refractivity contribution in [3.8, 4) is 5.75 Å². The minimum absolute atomic E-state index is 0.0262. The first kappa shape index (κ1) is 29.6. The Bertz CT molecular complexity index is 1850. The Morgan fingerprint density at radius 1 is 0.933 bits per heavy atom. The van der Waals surface area contributed by atoms with Crippen LogP contribution in [0, 0.1) is 44.9 Å². The van der Waals surface area contributed by atoms with Gasteiger partial charge in [-0.05, 0) is 55.9 Å². The predicted octanol–water partition coefficient (Wildman–Crippen LogP) is 4.22. The topological polar surface area (TPSA) is 181 Å². The zero-order valence-electron chi connectivity index (χ0n) is 24.8. The maximum absolute atomic E-state index is 14.2. The van der Waals surface area contributed by atoms with Crippen molar-refractivity contribution in [3.05, 3.63) is 96.1 Å². The van der Waals surface area contributed by atoms with Gasteiger partial charge in [0.1, 0.15) is 5.75 Å². The number of phenols is 1. The molecule has 0 radical (unpaired) electrons. The molecule has 4 atom stereocenters. The van der Waals surface area contributed by atoms with Gasteiger partial charge in [0.15, 0.2) is 17.3 Å². The third-order valence-electron chi connectivity index (χ3n) is 9.27. The molecule has 1 N–H and O–H groups in total. The number of phenolic OH excluding ortho intramolecular Hbond substituents is 1. The second-order valence-electron chi connectivity index (χ2n) is 12.0. The summed E-state index contributed by atoms with van der Waals surface area (Å²) in [5, 5.41) is 34.1. The van der Waals surface area contributed by atoms with Gasteiger partial charge in [-0.2, -0.15) is 0 Å². The van der Waals surface area contributed by atoms with E-state index in [9.17, 15) is 44.5 Å². The molecule has 1 saturated heterocycles. The number of anilines is 2. The third kappa shape index (κ3) is 4.37. The van der Waals surface area contributed by atoms with Crippen molar-refractivity contribution in [2.24, 2.45) is 17.8 Å². The van der Waals surface area contributed by atoms with Crippen molar-refractivity contribution >= 4 is 46.1 Å². The summed E-state index contributed by atoms with van der Waals surface area (Å²) in [5.41, 5.74) is 0.869. The van der Waals surface area contributed by atoms with Crippen molar-refractivity contribution in [1.82, 2.24) is 0 Å². The lowest BCUT2D eigenvalue weighted by molar-refractivity contribution is -0.392. The Morgan fingerprint density at radius 2 is 1.58 bits per heavy atom. The van der Waals surface area contributed by atoms with Crippen LogP contribution in [-0.4, -0.2) is 52.4 Å². The first-order chi connectivity index (χ1) is 21.2. The zero-order chi connectivity index (χ0) is 32.6. The molecule has 1 fully saturated rings. The molecular weight excluding hydrogens is 584 g/mol. The number of nitrogens with zero attached hydrogens (tertiary/aromatic N) is 4. The highest BCUT2D eigenvalue weighted by molar-refractivity contribution is 6.25. The second-order valence-corrected chi connectivity index (χ2v) is 12.0. The molecule has 0 saturated carbocycles. The fraction of sp³-hybridized carbons (Fsp3) is 0.312. The number of carbonyl (C=O) groups excluding carboxylic acids is 4. The van der Waals surface area contributed by atoms with Crippen molar-refractivity contribution < 1.29 is 34.1 Å². The van der Waals surface area contributed by atoms with Gasteiger partial charge in [-0.3, -0.25) is 39.4 Å². The van der Waals surface area contributed by atoms with E-state index in [1.807, 2.05) is 6.08 Å². The average Bonchev–Trinajstić information content (AvgIpc) is 3.24. The van der Waals surface area contributed by atoms with E-state index in [-0.39, 0.29) is 52.7 Å². The number of Topliss-reactive ketones (excluding diaryl/α,β-unsaturated/α-hetero) is 1. The number of imide groups is 1. The van der Waals surface area contributed by atoms with E-state index in [1.165, 1.54) is 31.1 Å². The molecule has 0 spiro atoms. The highest BCUT2D eigenvalue weighted by Gasteiger charge is 2.57. The van der Waals surface area contributed by atoms with Crippen LogP contribution in [0.25, 0.3) is 0 Å². The molecule has 2 aromatic rings. The average molecular weight is 613 g/mol. The number of aromatic hydroxyl groups is 1. The molecule has 1 heterocycles. The Kier molecular flexibility index (Phi) is 6.79. The summed E-state index contributed by atoms with van der Waals surface area (Å²) in [6.07, 6.45) is 3.26. The van der Waals surface area contributed by atoms with E-state index in [0.717, 1.165) is 17.0 Å². The van der Waals surface area contributed by atoms with Gasteiger partial charge in [-0.15, -0.1) is 0 Å². The lowest BCUT2D eigenvalue weighted by atomic mass is 9.59. The van der Waals surface area contributed by atoms with Crippen LogP contribution in [0.1, 0.15) is 36.8 Å². The summed E-state index contributed by atoms with van der Waals surface area (Å²) < 4.78 is 0. The molecular formula is C32H28N4O9. The van der Waals surface area contributed by atoms with E-state index in [2.05, 4.69) is 0 Å². The van der Waals surface area contributed by atoms with Gasteiger partial charge >= 0.3 is 11.4 Å². The SMILES string of the molecule is CC1=CC(=O)C2=C(C[C@@H]3C(=CC[C@@H]4C(=O)N(c5cc([N+](=O)[O-])c(N(C)C)c([N+](=O)[O-])c5)C(=O)[C@@H]43)[C@@H]2c2ccc(O)c(C)c2)C1=O. The molecule has 0 aromatic heterocycles. The molecule has 6 rings (SSSR count). The molecule has 0 unspecified atom stereocenters. The molecule has 2 amide bonds. The van der Waals surface area contributed by atoms with Gasteiger partial charge in [-0.25, -0.2) is 4.90 Å². The molecule has 4 aliphatic rings. The number of ketones is 2. The standard InChI is InChI=1S/C32H28N4O9/c1-14-9-16(5-8-24(14)37)26-18-6-7-19-27(20(18)13-21-28(26)25(38)10-15(2)30(21)39)32(41)34(31(19)40)17-11-22(35(42)43)29(33(3)4)23(12-17)36(44)45/h5-6,8-12,19-20,26-27,37H,7,13H2,1-4H3/t19-,20+,26-,27-/m0/s1. The number of allylic oxidation sites excluding steroid dienone is 6. The van der Waals surface area contributed by atoms with Gasteiger partial charge in [0.25, 0.3) is 0 Å². The highest BCUT2D eigenvalue weighted by atomic mass is 16.6. The summed E-state index contributed by atoms with van der Waals surface area (Å²) in [6.45, 7) is 3.25. The number of hydrogen-bond donors (Lipinski definition) is 1. The zero-order valence-corrected chi connectivity index (χ0v) is 24.8. The largest absolute Gasteiger partial charge is 0.508 e. The van der Waals surface area contributed by atoms with Crippen LogP contribution in [0.15, 0.2) is 64.8 Å². The molecule has 13 nitrogen and oxygen atoms in total. The van der Waals surface area contributed by atoms with Gasteiger partial charge in [-0.1, -0.05) is 23.8 Å². The molecule has 3 aliphatic carbocycles. The fourth-order valence-corrected chi connectivity index (χ4v) is 7.33. The van der Waals surface area contributed by atoms with E-state index in [1.54, 1.807) is 26.0 Å². The monoisotopic (exact) mass is 612 g/mol. The summed E-state index contributed by atoms with van der Waals surface area (Å²) >= 11 is 0. The highest BCUT2D eigenvalue weighted by Crippen LogP contribution is 2.56. The smallest absolute Gasteiger partial charge is 0.301 e. The van der Waals surface area contributed by atoms with Gasteiger partial charge in [0.2, 0.25) is 11.8 Å². The summed E-state index contributed by atoms with van der Waals surface area (Å²) in [4.78, 5) is 79.3. The van der Waals surface area contributed by atoms with Crippen molar-refractivity contribution in [1.29, 1.82) is 0 Å². The summed E-state index contributed by atoms with van der Waals surface area (Å²) in [7, 11) is 2.82. The van der Waals surface area contributed by atoms with Crippen molar-refractivity contribution in [2.45, 2.75) is 32.6 Å². The second kappa shape index (κ2) is 10.3. The van der Waals surface area contributed by atoms with Crippen LogP contribution in [0.2, 0.25) is 0 Å². The predicted molar refractivity (Wildman–Crippen MR) is 161 cm³/mol. The van der Waals surface area contributed by atoms with E-state index in [0.29, 0.717) is 22.3 Å². The first-order valence-electron chi connectivity index (χ1n) is 14.2. The van der Waals surface area contributed by atoms with Crippen LogP contribution in [0.5, 0.6) is 5.75 Å². The first-order valence-corrected chi connectivity index (χ1v) is 14.2. The number of rotatable bonds is 5. The van der Waals surface area contributed by atoms with Crippen LogP contribution >= 0.6 is 0 Å². The minimum atomic E-state index is -0.979. The minimum Gasteiger partial charge on any atom is -0.508 e. The Hall–Kier alpha value is -5.46. The van der Waals surface area contributed by atoms with Crippen LogP contribution < -0.4 is 9.80 Å². The molecule has 1 aliphatic heterocycles. The quantitative estimate of drug-likeness (QED) is 0.169. The molecule has 45 heavy (non-hydrogen) atoms. The van der Waals surface area contributed by atoms with Crippen molar-refractivity contribution in [2.75, 3.05) is 23.9 Å². The normalized spacial score (nSPS) is 24.1. The fourth-order valence-electron chi connectivity index (χ4n) is 7.33. The molecule has 230 valence electrons. The summed E-state index contributed by atoms with van der Waals surface area (Å²) in [6, 6.07) is 6.87. The van der Waals surface area contributed by atoms with Crippen molar-refractivity contribution in [3.63, 3.8) is 0 Å². The maximum Gasteiger partial charge on any atom is 0.301 e. The number of carbonyl (C=O) groups is 4. The number of fused-ring (bicyclic) bond motifs is 3. The van der Waals surface area contributed by atoms with E-state index < -0.39 is 56.7 Å². The molecule has 13 heteroatoms. The van der Waals surface area contributed by atoms with Gasteiger partial charge in [0.05, 0.1) is 27.4 Å². The lowest BCUT2D eigenvalue weighted by Crippen LogP contribution is -2.39. The number of amides is 2. The lowest BCUT2D eigenvalue weighted by Gasteiger charge is -2.42. The number of nitro groups is 2. The number of aryl methyl sites for hydroxylation is 1. The number of nitro benzene ring substituents is 2. The Morgan fingerprint density at radius 3 is 2.16 bits per heavy atom. The number of benzene rings is 2. The summed E-state index contributed by atoms with van der Waals surface area (Å²) in [5.74, 6) is -5.18. The third-order valence-corrected chi connectivity index (χ3v) is 9.27.